The van der Waals surface area contributed by atoms with Crippen molar-refractivity contribution in [1.29, 1.82) is 0 Å². The summed E-state index contributed by atoms with van der Waals surface area (Å²) in [5, 5.41) is 3.17. The van der Waals surface area contributed by atoms with Crippen LogP contribution in [0.1, 0.15) is 12.0 Å². The zero-order chi connectivity index (χ0) is 10.4. The smallest absolute Gasteiger partial charge is 0.128 e. The molecule has 1 aromatic carbocycles. The first-order valence-corrected chi connectivity index (χ1v) is 4.73. The Morgan fingerprint density at radius 3 is 2.93 bits per heavy atom. The molecule has 0 heterocycles. The van der Waals surface area contributed by atoms with Gasteiger partial charge in [0.15, 0.2) is 0 Å². The molecule has 1 aromatic rings. The van der Waals surface area contributed by atoms with Crippen LogP contribution in [0, 0.1) is 12.7 Å². The van der Waals surface area contributed by atoms with E-state index in [9.17, 15) is 4.39 Å². The second-order valence-corrected chi connectivity index (χ2v) is 3.19. The summed E-state index contributed by atoms with van der Waals surface area (Å²) in [6.07, 6.45) is 0.923. The highest BCUT2D eigenvalue weighted by atomic mass is 19.1. The fourth-order valence-electron chi connectivity index (χ4n) is 1.24. The predicted molar refractivity (Wildman–Crippen MR) is 56.1 cm³/mol. The molecule has 3 heteroatoms. The summed E-state index contributed by atoms with van der Waals surface area (Å²) < 4.78 is 18.0. The molecule has 0 unspecified atom stereocenters. The van der Waals surface area contributed by atoms with E-state index in [-0.39, 0.29) is 5.82 Å². The van der Waals surface area contributed by atoms with Crippen LogP contribution in [0.5, 0.6) is 0 Å². The Hall–Kier alpha value is -1.09. The van der Waals surface area contributed by atoms with E-state index < -0.39 is 0 Å². The van der Waals surface area contributed by atoms with Crippen molar-refractivity contribution in [3.63, 3.8) is 0 Å². The summed E-state index contributed by atoms with van der Waals surface area (Å²) in [6.45, 7) is 3.30. The van der Waals surface area contributed by atoms with Crippen LogP contribution in [-0.4, -0.2) is 20.3 Å². The minimum absolute atomic E-state index is 0.165. The van der Waals surface area contributed by atoms with Crippen molar-refractivity contribution in [3.8, 4) is 0 Å². The lowest BCUT2D eigenvalue weighted by Gasteiger charge is -2.09. The fraction of sp³-hybridized carbons (Fsp3) is 0.455. The summed E-state index contributed by atoms with van der Waals surface area (Å²) in [6, 6.07) is 5.06. The summed E-state index contributed by atoms with van der Waals surface area (Å²) in [5.41, 5.74) is 1.53. The number of nitrogens with one attached hydrogen (secondary N) is 1. The van der Waals surface area contributed by atoms with Crippen LogP contribution in [0.15, 0.2) is 18.2 Å². The topological polar surface area (TPSA) is 21.3 Å². The van der Waals surface area contributed by atoms with Gasteiger partial charge in [0.1, 0.15) is 5.82 Å². The van der Waals surface area contributed by atoms with Gasteiger partial charge in [-0.3, -0.25) is 0 Å². The van der Waals surface area contributed by atoms with E-state index in [2.05, 4.69) is 5.32 Å². The SMILES string of the molecule is COCCCNc1cccc(F)c1C. The van der Waals surface area contributed by atoms with E-state index in [1.807, 2.05) is 6.07 Å². The molecule has 0 saturated carbocycles. The Morgan fingerprint density at radius 2 is 2.21 bits per heavy atom. The van der Waals surface area contributed by atoms with E-state index in [1.165, 1.54) is 6.07 Å². The number of hydrogen-bond donors (Lipinski definition) is 1. The molecule has 0 bridgehead atoms. The molecule has 0 atom stereocenters. The van der Waals surface area contributed by atoms with Crippen molar-refractivity contribution in [2.24, 2.45) is 0 Å². The number of hydrogen-bond acceptors (Lipinski definition) is 2. The molecule has 1 N–H and O–H groups in total. The van der Waals surface area contributed by atoms with Gasteiger partial charge in [-0.2, -0.15) is 0 Å². The third kappa shape index (κ3) is 3.00. The van der Waals surface area contributed by atoms with Crippen LogP contribution in [0.2, 0.25) is 0 Å². The van der Waals surface area contributed by atoms with Crippen molar-refractivity contribution in [1.82, 2.24) is 0 Å². The molecule has 0 radical (unpaired) electrons. The van der Waals surface area contributed by atoms with Crippen LogP contribution in [0.3, 0.4) is 0 Å². The van der Waals surface area contributed by atoms with Crippen molar-refractivity contribution in [2.75, 3.05) is 25.6 Å². The molecule has 0 aliphatic rings. The van der Waals surface area contributed by atoms with E-state index in [4.69, 9.17) is 4.74 Å². The average Bonchev–Trinajstić information content (AvgIpc) is 2.19. The van der Waals surface area contributed by atoms with Crippen LogP contribution in [0.25, 0.3) is 0 Å². The van der Waals surface area contributed by atoms with Crippen molar-refractivity contribution < 1.29 is 9.13 Å². The largest absolute Gasteiger partial charge is 0.385 e. The summed E-state index contributed by atoms with van der Waals surface area (Å²) >= 11 is 0. The Kier molecular flexibility index (Phi) is 4.40. The van der Waals surface area contributed by atoms with Gasteiger partial charge in [-0.15, -0.1) is 0 Å². The molecule has 0 fully saturated rings. The zero-order valence-corrected chi connectivity index (χ0v) is 8.64. The highest BCUT2D eigenvalue weighted by Gasteiger charge is 2.01. The van der Waals surface area contributed by atoms with Crippen LogP contribution in [-0.2, 0) is 4.74 Å². The molecule has 1 rings (SSSR count). The first kappa shape index (κ1) is 11.0. The molecular weight excluding hydrogens is 181 g/mol. The first-order valence-electron chi connectivity index (χ1n) is 4.73. The summed E-state index contributed by atoms with van der Waals surface area (Å²) in [4.78, 5) is 0. The highest BCUT2D eigenvalue weighted by molar-refractivity contribution is 5.50. The lowest BCUT2D eigenvalue weighted by molar-refractivity contribution is 0.198. The number of rotatable bonds is 5. The lowest BCUT2D eigenvalue weighted by Crippen LogP contribution is -2.06. The maximum Gasteiger partial charge on any atom is 0.128 e. The highest BCUT2D eigenvalue weighted by Crippen LogP contribution is 2.16. The Bertz CT molecular complexity index is 289. The van der Waals surface area contributed by atoms with Crippen LogP contribution >= 0.6 is 0 Å². The summed E-state index contributed by atoms with van der Waals surface area (Å²) in [5.74, 6) is -0.165. The first-order chi connectivity index (χ1) is 6.75. The van der Waals surface area contributed by atoms with E-state index in [1.54, 1.807) is 20.1 Å². The molecule has 0 amide bonds. The molecule has 0 spiro atoms. The molecule has 78 valence electrons. The van der Waals surface area contributed by atoms with Gasteiger partial charge in [-0.05, 0) is 25.5 Å². The normalized spacial score (nSPS) is 10.2. The number of methoxy groups -OCH3 is 1. The quantitative estimate of drug-likeness (QED) is 0.732. The van der Waals surface area contributed by atoms with Crippen LogP contribution < -0.4 is 5.32 Å². The van der Waals surface area contributed by atoms with Gasteiger partial charge in [0.2, 0.25) is 0 Å². The minimum atomic E-state index is -0.165. The number of benzene rings is 1. The van der Waals surface area contributed by atoms with Gasteiger partial charge in [-0.1, -0.05) is 6.07 Å². The molecule has 0 aromatic heterocycles. The van der Waals surface area contributed by atoms with Gasteiger partial charge in [0.05, 0.1) is 0 Å². The molecule has 0 saturated heterocycles. The lowest BCUT2D eigenvalue weighted by atomic mass is 10.2. The monoisotopic (exact) mass is 197 g/mol. The third-order valence-electron chi connectivity index (χ3n) is 2.11. The van der Waals surface area contributed by atoms with Gasteiger partial charge in [0, 0.05) is 31.5 Å². The second kappa shape index (κ2) is 5.60. The van der Waals surface area contributed by atoms with E-state index in [0.717, 1.165) is 25.3 Å². The fourth-order valence-corrected chi connectivity index (χ4v) is 1.24. The maximum atomic E-state index is 13.1. The van der Waals surface area contributed by atoms with E-state index in [0.29, 0.717) is 5.56 Å². The number of halogens is 1. The van der Waals surface area contributed by atoms with Crippen molar-refractivity contribution in [3.05, 3.63) is 29.6 Å². The van der Waals surface area contributed by atoms with E-state index >= 15 is 0 Å². The molecule has 0 aliphatic heterocycles. The van der Waals surface area contributed by atoms with Crippen molar-refractivity contribution in [2.45, 2.75) is 13.3 Å². The molecular formula is C11H16FNO. The second-order valence-electron chi connectivity index (χ2n) is 3.19. The Morgan fingerprint density at radius 1 is 1.43 bits per heavy atom. The Balaban J connectivity index is 2.46. The number of anilines is 1. The molecule has 14 heavy (non-hydrogen) atoms. The van der Waals surface area contributed by atoms with Gasteiger partial charge in [0.25, 0.3) is 0 Å². The predicted octanol–water partition coefficient (Wildman–Crippen LogP) is 2.58. The third-order valence-corrected chi connectivity index (χ3v) is 2.11. The maximum absolute atomic E-state index is 13.1. The van der Waals surface area contributed by atoms with Gasteiger partial charge in [-0.25, -0.2) is 4.39 Å². The number of ether oxygens (including phenoxy) is 1. The Labute approximate surface area is 84.1 Å². The van der Waals surface area contributed by atoms with Crippen molar-refractivity contribution >= 4 is 5.69 Å². The standard InChI is InChI=1S/C11H16FNO/c1-9-10(12)5-3-6-11(9)13-7-4-8-14-2/h3,5-6,13H,4,7-8H2,1-2H3. The zero-order valence-electron chi connectivity index (χ0n) is 8.64. The van der Waals surface area contributed by atoms with Gasteiger partial charge < -0.3 is 10.1 Å². The molecule has 2 nitrogen and oxygen atoms in total. The average molecular weight is 197 g/mol. The minimum Gasteiger partial charge on any atom is -0.385 e. The molecule has 0 aliphatic carbocycles. The van der Waals surface area contributed by atoms with Gasteiger partial charge >= 0.3 is 0 Å². The van der Waals surface area contributed by atoms with Crippen LogP contribution in [0.4, 0.5) is 10.1 Å². The summed E-state index contributed by atoms with van der Waals surface area (Å²) in [7, 11) is 1.67.